The maximum Gasteiger partial charge on any atom is 0.161 e. The van der Waals surface area contributed by atoms with Gasteiger partial charge in [0, 0.05) is 17.3 Å². The summed E-state index contributed by atoms with van der Waals surface area (Å²) < 4.78 is 10.7. The van der Waals surface area contributed by atoms with Gasteiger partial charge >= 0.3 is 0 Å². The first kappa shape index (κ1) is 18.7. The van der Waals surface area contributed by atoms with Crippen LogP contribution in [0.5, 0.6) is 11.5 Å². The summed E-state index contributed by atoms with van der Waals surface area (Å²) in [4.78, 5) is 9.15. The molecular formula is C22H25N3O2. The van der Waals surface area contributed by atoms with Crippen LogP contribution in [0.4, 0.5) is 11.5 Å². The lowest BCUT2D eigenvalue weighted by atomic mass is 10.0. The number of anilines is 2. The molecule has 1 aromatic heterocycles. The monoisotopic (exact) mass is 363 g/mol. The molecule has 0 bridgehead atoms. The van der Waals surface area contributed by atoms with Gasteiger partial charge in [-0.1, -0.05) is 17.7 Å². The standard InChI is InChI=1S/C22H25N3O2/c1-13-9-14(2)22(15(3)10-13)25-21-12-18(23-16(4)24-21)17-7-8-19(26-5)20(11-17)27-6/h7-12H,1-6H3,(H,23,24,25). The van der Waals surface area contributed by atoms with Gasteiger partial charge in [0.2, 0.25) is 0 Å². The van der Waals surface area contributed by atoms with Crippen molar-refractivity contribution in [2.75, 3.05) is 19.5 Å². The Morgan fingerprint density at radius 3 is 2.07 bits per heavy atom. The van der Waals surface area contributed by atoms with Gasteiger partial charge in [0.25, 0.3) is 0 Å². The molecule has 27 heavy (non-hydrogen) atoms. The van der Waals surface area contributed by atoms with Crippen molar-refractivity contribution >= 4 is 11.5 Å². The van der Waals surface area contributed by atoms with Crippen molar-refractivity contribution in [3.63, 3.8) is 0 Å². The first-order valence-corrected chi connectivity index (χ1v) is 8.84. The van der Waals surface area contributed by atoms with E-state index in [0.717, 1.165) is 22.8 Å². The molecule has 5 nitrogen and oxygen atoms in total. The van der Waals surface area contributed by atoms with Gasteiger partial charge in [-0.3, -0.25) is 0 Å². The van der Waals surface area contributed by atoms with Crippen molar-refractivity contribution in [1.29, 1.82) is 0 Å². The summed E-state index contributed by atoms with van der Waals surface area (Å²) in [6.07, 6.45) is 0. The second kappa shape index (κ2) is 7.66. The van der Waals surface area contributed by atoms with Gasteiger partial charge < -0.3 is 14.8 Å². The van der Waals surface area contributed by atoms with Gasteiger partial charge in [-0.2, -0.15) is 0 Å². The van der Waals surface area contributed by atoms with Crippen LogP contribution in [-0.4, -0.2) is 24.2 Å². The lowest BCUT2D eigenvalue weighted by Crippen LogP contribution is -2.02. The second-order valence-electron chi connectivity index (χ2n) is 6.65. The zero-order valence-electron chi connectivity index (χ0n) is 16.7. The maximum atomic E-state index is 5.41. The molecule has 0 amide bonds. The van der Waals surface area contributed by atoms with Crippen molar-refractivity contribution in [3.8, 4) is 22.8 Å². The number of hydrogen-bond acceptors (Lipinski definition) is 5. The Kier molecular flexibility index (Phi) is 5.31. The number of ether oxygens (including phenoxy) is 2. The van der Waals surface area contributed by atoms with Gasteiger partial charge in [-0.15, -0.1) is 0 Å². The van der Waals surface area contributed by atoms with Crippen molar-refractivity contribution in [2.24, 2.45) is 0 Å². The molecule has 0 aliphatic heterocycles. The summed E-state index contributed by atoms with van der Waals surface area (Å²) in [5.74, 6) is 2.83. The normalized spacial score (nSPS) is 10.6. The van der Waals surface area contributed by atoms with E-state index >= 15 is 0 Å². The number of nitrogens with zero attached hydrogens (tertiary/aromatic N) is 2. The summed E-state index contributed by atoms with van der Waals surface area (Å²) in [6, 6.07) is 12.1. The SMILES string of the molecule is COc1ccc(-c2cc(Nc3c(C)cc(C)cc3C)nc(C)n2)cc1OC. The van der Waals surface area contributed by atoms with Crippen molar-refractivity contribution in [3.05, 3.63) is 58.9 Å². The lowest BCUT2D eigenvalue weighted by Gasteiger charge is -2.15. The van der Waals surface area contributed by atoms with E-state index in [1.54, 1.807) is 14.2 Å². The summed E-state index contributed by atoms with van der Waals surface area (Å²) in [5.41, 5.74) is 6.48. The van der Waals surface area contributed by atoms with E-state index in [4.69, 9.17) is 9.47 Å². The number of rotatable bonds is 5. The fraction of sp³-hybridized carbons (Fsp3) is 0.273. The average molecular weight is 363 g/mol. The van der Waals surface area contributed by atoms with Gasteiger partial charge in [0.15, 0.2) is 11.5 Å². The zero-order valence-corrected chi connectivity index (χ0v) is 16.7. The van der Waals surface area contributed by atoms with Gasteiger partial charge in [-0.25, -0.2) is 9.97 Å². The van der Waals surface area contributed by atoms with Crippen LogP contribution in [0.2, 0.25) is 0 Å². The molecule has 0 aliphatic carbocycles. The van der Waals surface area contributed by atoms with Crippen LogP contribution in [0, 0.1) is 27.7 Å². The Morgan fingerprint density at radius 1 is 0.778 bits per heavy atom. The van der Waals surface area contributed by atoms with Crippen molar-refractivity contribution in [2.45, 2.75) is 27.7 Å². The topological polar surface area (TPSA) is 56.3 Å². The molecule has 0 atom stereocenters. The minimum absolute atomic E-state index is 0.672. The van der Waals surface area contributed by atoms with Gasteiger partial charge in [-0.05, 0) is 57.0 Å². The summed E-state index contributed by atoms with van der Waals surface area (Å²) in [5, 5.41) is 3.46. The van der Waals surface area contributed by atoms with E-state index in [-0.39, 0.29) is 0 Å². The van der Waals surface area contributed by atoms with E-state index in [9.17, 15) is 0 Å². The van der Waals surface area contributed by atoms with Crippen molar-refractivity contribution < 1.29 is 9.47 Å². The molecule has 0 saturated carbocycles. The molecular weight excluding hydrogens is 338 g/mol. The highest BCUT2D eigenvalue weighted by Crippen LogP contribution is 2.33. The largest absolute Gasteiger partial charge is 0.493 e. The number of hydrogen-bond donors (Lipinski definition) is 1. The van der Waals surface area contributed by atoms with E-state index in [2.05, 4.69) is 48.2 Å². The number of nitrogens with one attached hydrogen (secondary N) is 1. The van der Waals surface area contributed by atoms with E-state index in [0.29, 0.717) is 17.3 Å². The van der Waals surface area contributed by atoms with Crippen LogP contribution in [0.1, 0.15) is 22.5 Å². The van der Waals surface area contributed by atoms with Crippen LogP contribution >= 0.6 is 0 Å². The minimum Gasteiger partial charge on any atom is -0.493 e. The van der Waals surface area contributed by atoms with Crippen LogP contribution < -0.4 is 14.8 Å². The lowest BCUT2D eigenvalue weighted by molar-refractivity contribution is 0.355. The Bertz CT molecular complexity index is 960. The summed E-state index contributed by atoms with van der Waals surface area (Å²) in [7, 11) is 3.25. The molecule has 0 unspecified atom stereocenters. The number of methoxy groups -OCH3 is 2. The summed E-state index contributed by atoms with van der Waals surface area (Å²) >= 11 is 0. The highest BCUT2D eigenvalue weighted by atomic mass is 16.5. The smallest absolute Gasteiger partial charge is 0.161 e. The third-order valence-corrected chi connectivity index (χ3v) is 4.45. The molecule has 3 aromatic rings. The van der Waals surface area contributed by atoms with Gasteiger partial charge in [0.1, 0.15) is 11.6 Å². The van der Waals surface area contributed by atoms with Crippen LogP contribution in [-0.2, 0) is 0 Å². The Hall–Kier alpha value is -3.08. The predicted molar refractivity (Wildman–Crippen MR) is 109 cm³/mol. The molecule has 3 rings (SSSR count). The number of benzene rings is 2. The molecule has 0 spiro atoms. The fourth-order valence-electron chi connectivity index (χ4n) is 3.28. The predicted octanol–water partition coefficient (Wildman–Crippen LogP) is 5.14. The Labute approximate surface area is 160 Å². The molecule has 5 heteroatoms. The molecule has 0 fully saturated rings. The quantitative estimate of drug-likeness (QED) is 0.680. The third-order valence-electron chi connectivity index (χ3n) is 4.45. The number of aryl methyl sites for hydroxylation is 4. The first-order valence-electron chi connectivity index (χ1n) is 8.84. The van der Waals surface area contributed by atoms with E-state index in [1.807, 2.05) is 31.2 Å². The molecule has 1 heterocycles. The van der Waals surface area contributed by atoms with Gasteiger partial charge in [0.05, 0.1) is 19.9 Å². The average Bonchev–Trinajstić information content (AvgIpc) is 2.63. The molecule has 140 valence electrons. The maximum absolute atomic E-state index is 5.41. The van der Waals surface area contributed by atoms with Crippen LogP contribution in [0.15, 0.2) is 36.4 Å². The molecule has 0 saturated heterocycles. The third kappa shape index (κ3) is 4.03. The van der Waals surface area contributed by atoms with Crippen LogP contribution in [0.3, 0.4) is 0 Å². The minimum atomic E-state index is 0.672. The summed E-state index contributed by atoms with van der Waals surface area (Å²) in [6.45, 7) is 8.20. The molecule has 1 N–H and O–H groups in total. The second-order valence-corrected chi connectivity index (χ2v) is 6.65. The highest BCUT2D eigenvalue weighted by Gasteiger charge is 2.11. The van der Waals surface area contributed by atoms with Crippen molar-refractivity contribution in [1.82, 2.24) is 9.97 Å². The Morgan fingerprint density at radius 2 is 1.44 bits per heavy atom. The number of aromatic nitrogens is 2. The van der Waals surface area contributed by atoms with E-state index in [1.165, 1.54) is 16.7 Å². The first-order chi connectivity index (χ1) is 12.9. The zero-order chi connectivity index (χ0) is 19.6. The molecule has 0 radical (unpaired) electrons. The van der Waals surface area contributed by atoms with Crippen LogP contribution in [0.25, 0.3) is 11.3 Å². The molecule has 2 aromatic carbocycles. The Balaban J connectivity index is 2.01. The van der Waals surface area contributed by atoms with E-state index < -0.39 is 0 Å². The highest BCUT2D eigenvalue weighted by molar-refractivity contribution is 5.70. The molecule has 0 aliphatic rings. The fourth-order valence-corrected chi connectivity index (χ4v) is 3.28.